The Kier molecular flexibility index (Phi) is 3.60. The molecule has 0 saturated heterocycles. The third-order valence-corrected chi connectivity index (χ3v) is 6.88. The Bertz CT molecular complexity index is 792. The highest BCUT2D eigenvalue weighted by molar-refractivity contribution is 6.30. The van der Waals surface area contributed by atoms with Crippen LogP contribution in [0.1, 0.15) is 44.2 Å². The number of rotatable bonds is 4. The molecule has 5 heteroatoms. The number of nitrogens with zero attached hydrogens (tertiary/aromatic N) is 2. The van der Waals surface area contributed by atoms with Gasteiger partial charge in [0.1, 0.15) is 5.65 Å². The summed E-state index contributed by atoms with van der Waals surface area (Å²) in [6.45, 7) is 0.665. The molecule has 4 aliphatic rings. The van der Waals surface area contributed by atoms with E-state index in [4.69, 9.17) is 11.6 Å². The van der Waals surface area contributed by atoms with Crippen molar-refractivity contribution < 1.29 is 4.79 Å². The molecule has 6 rings (SSSR count). The lowest BCUT2D eigenvalue weighted by Crippen LogP contribution is -2.53. The van der Waals surface area contributed by atoms with Gasteiger partial charge in [0.05, 0.1) is 10.7 Å². The summed E-state index contributed by atoms with van der Waals surface area (Å²) < 4.78 is 1.94. The van der Waals surface area contributed by atoms with Gasteiger partial charge in [-0.25, -0.2) is 4.98 Å². The highest BCUT2D eigenvalue weighted by atomic mass is 35.5. The molecule has 0 spiro atoms. The molecule has 4 bridgehead atoms. The quantitative estimate of drug-likeness (QED) is 0.903. The molecule has 2 heterocycles. The molecular weight excluding hydrogens is 334 g/mol. The molecule has 1 N–H and O–H groups in total. The largest absolute Gasteiger partial charge is 0.355 e. The minimum absolute atomic E-state index is 0.0544. The van der Waals surface area contributed by atoms with E-state index in [1.54, 1.807) is 0 Å². The molecule has 0 atom stereocenters. The van der Waals surface area contributed by atoms with Gasteiger partial charge in [-0.05, 0) is 68.4 Å². The molecule has 4 saturated carbocycles. The predicted octanol–water partition coefficient (Wildman–Crippen LogP) is 3.86. The van der Waals surface area contributed by atoms with Gasteiger partial charge in [-0.15, -0.1) is 0 Å². The first-order valence-electron chi connectivity index (χ1n) is 9.51. The summed E-state index contributed by atoms with van der Waals surface area (Å²) in [4.78, 5) is 17.5. The van der Waals surface area contributed by atoms with Crippen molar-refractivity contribution in [3.8, 4) is 0 Å². The van der Waals surface area contributed by atoms with Gasteiger partial charge in [-0.1, -0.05) is 11.6 Å². The molecule has 25 heavy (non-hydrogen) atoms. The first kappa shape index (κ1) is 15.7. The van der Waals surface area contributed by atoms with E-state index < -0.39 is 0 Å². The zero-order valence-electron chi connectivity index (χ0n) is 14.4. The predicted molar refractivity (Wildman–Crippen MR) is 97.5 cm³/mol. The van der Waals surface area contributed by atoms with Crippen LogP contribution in [0.5, 0.6) is 0 Å². The summed E-state index contributed by atoms with van der Waals surface area (Å²) in [6, 6.07) is 3.77. The van der Waals surface area contributed by atoms with Crippen LogP contribution < -0.4 is 5.32 Å². The highest BCUT2D eigenvalue weighted by Crippen LogP contribution is 2.60. The van der Waals surface area contributed by atoms with Gasteiger partial charge >= 0.3 is 0 Å². The van der Waals surface area contributed by atoms with E-state index in [2.05, 4.69) is 10.3 Å². The van der Waals surface area contributed by atoms with Gasteiger partial charge in [-0.2, -0.15) is 0 Å². The average molecular weight is 358 g/mol. The van der Waals surface area contributed by atoms with E-state index >= 15 is 0 Å². The van der Waals surface area contributed by atoms with E-state index in [1.807, 2.05) is 28.9 Å². The van der Waals surface area contributed by atoms with Crippen molar-refractivity contribution in [2.75, 3.05) is 6.54 Å². The van der Waals surface area contributed by atoms with Gasteiger partial charge in [0.15, 0.2) is 0 Å². The van der Waals surface area contributed by atoms with Gasteiger partial charge in [-0.3, -0.25) is 4.79 Å². The molecular formula is C20H24ClN3O. The van der Waals surface area contributed by atoms with Crippen molar-refractivity contribution in [1.29, 1.82) is 0 Å². The van der Waals surface area contributed by atoms with Crippen molar-refractivity contribution in [3.63, 3.8) is 0 Å². The van der Waals surface area contributed by atoms with Crippen molar-refractivity contribution in [2.45, 2.75) is 44.9 Å². The molecule has 4 aliphatic carbocycles. The Morgan fingerprint density at radius 2 is 1.84 bits per heavy atom. The smallest absolute Gasteiger partial charge is 0.226 e. The van der Waals surface area contributed by atoms with Crippen LogP contribution in [0.4, 0.5) is 0 Å². The van der Waals surface area contributed by atoms with Gasteiger partial charge < -0.3 is 9.72 Å². The van der Waals surface area contributed by atoms with Gasteiger partial charge in [0.2, 0.25) is 5.91 Å². The summed E-state index contributed by atoms with van der Waals surface area (Å²) in [5, 5.41) is 3.93. The monoisotopic (exact) mass is 357 g/mol. The van der Waals surface area contributed by atoms with E-state index in [1.165, 1.54) is 19.3 Å². The summed E-state index contributed by atoms with van der Waals surface area (Å²) in [6.07, 6.45) is 12.1. The number of nitrogens with one attached hydrogen (secondary N) is 1. The lowest BCUT2D eigenvalue weighted by Gasteiger charge is -2.55. The van der Waals surface area contributed by atoms with Gasteiger partial charge in [0, 0.05) is 30.8 Å². The van der Waals surface area contributed by atoms with Crippen molar-refractivity contribution in [1.82, 2.24) is 14.7 Å². The summed E-state index contributed by atoms with van der Waals surface area (Å²) in [5.74, 6) is 2.72. The number of carbonyl (C=O) groups excluding carboxylic acids is 1. The number of fused-ring (bicyclic) bond motifs is 1. The molecule has 1 amide bonds. The Labute approximate surface area is 153 Å². The van der Waals surface area contributed by atoms with Crippen LogP contribution in [0.15, 0.2) is 24.5 Å². The molecule has 0 aliphatic heterocycles. The number of amides is 1. The standard InChI is InChI=1S/C20H24ClN3O/c21-16-1-2-18-23-17(12-24(18)11-16)3-4-22-19(25)20-8-13-5-14(9-20)7-15(6-13)10-20/h1-2,11-15H,3-10H2,(H,22,25). The number of hydrogen-bond acceptors (Lipinski definition) is 2. The van der Waals surface area contributed by atoms with Crippen molar-refractivity contribution >= 4 is 23.2 Å². The second kappa shape index (κ2) is 5.73. The first-order chi connectivity index (χ1) is 12.1. The number of hydrogen-bond donors (Lipinski definition) is 1. The minimum Gasteiger partial charge on any atom is -0.355 e. The average Bonchev–Trinajstić information content (AvgIpc) is 2.95. The summed E-state index contributed by atoms with van der Waals surface area (Å²) >= 11 is 6.02. The Morgan fingerprint density at radius 3 is 2.52 bits per heavy atom. The summed E-state index contributed by atoms with van der Waals surface area (Å²) in [5.41, 5.74) is 1.83. The molecule has 132 valence electrons. The second-order valence-electron chi connectivity index (χ2n) is 8.55. The highest BCUT2D eigenvalue weighted by Gasteiger charge is 2.54. The zero-order chi connectivity index (χ0) is 17.0. The second-order valence-corrected chi connectivity index (χ2v) is 8.99. The van der Waals surface area contributed by atoms with Crippen molar-refractivity contribution in [2.24, 2.45) is 23.2 Å². The molecule has 0 radical (unpaired) electrons. The molecule has 0 unspecified atom stereocenters. The Morgan fingerprint density at radius 1 is 1.16 bits per heavy atom. The van der Waals surface area contributed by atoms with Crippen LogP contribution in [-0.4, -0.2) is 21.8 Å². The van der Waals surface area contributed by atoms with E-state index in [0.717, 1.165) is 54.8 Å². The molecule has 0 aromatic carbocycles. The number of halogens is 1. The fourth-order valence-corrected chi connectivity index (χ4v) is 6.19. The lowest BCUT2D eigenvalue weighted by molar-refractivity contribution is -0.146. The Hall–Kier alpha value is -1.55. The third-order valence-electron chi connectivity index (χ3n) is 6.65. The normalized spacial score (nSPS) is 33.1. The Balaban J connectivity index is 1.23. The molecule has 2 aromatic rings. The van der Waals surface area contributed by atoms with Crippen LogP contribution in [0, 0.1) is 23.2 Å². The maximum Gasteiger partial charge on any atom is 0.226 e. The topological polar surface area (TPSA) is 46.4 Å². The fraction of sp³-hybridized carbons (Fsp3) is 0.600. The van der Waals surface area contributed by atoms with Crippen LogP contribution in [0.25, 0.3) is 5.65 Å². The first-order valence-corrected chi connectivity index (χ1v) is 9.89. The number of aromatic nitrogens is 2. The zero-order valence-corrected chi connectivity index (χ0v) is 15.1. The maximum absolute atomic E-state index is 12.9. The minimum atomic E-state index is -0.0544. The van der Waals surface area contributed by atoms with E-state index in [0.29, 0.717) is 17.5 Å². The van der Waals surface area contributed by atoms with Gasteiger partial charge in [0.25, 0.3) is 0 Å². The third kappa shape index (κ3) is 2.75. The lowest BCUT2D eigenvalue weighted by atomic mass is 9.49. The van der Waals surface area contributed by atoms with Crippen LogP contribution in [-0.2, 0) is 11.2 Å². The SMILES string of the molecule is O=C(NCCc1cn2cc(Cl)ccc2n1)C12CC3CC(CC(C3)C1)C2. The maximum atomic E-state index is 12.9. The molecule has 4 fully saturated rings. The van der Waals surface area contributed by atoms with E-state index in [-0.39, 0.29) is 5.41 Å². The molecule has 4 nitrogen and oxygen atoms in total. The number of carbonyl (C=O) groups is 1. The fourth-order valence-electron chi connectivity index (χ4n) is 6.02. The van der Waals surface area contributed by atoms with Crippen LogP contribution >= 0.6 is 11.6 Å². The van der Waals surface area contributed by atoms with E-state index in [9.17, 15) is 4.79 Å². The summed E-state index contributed by atoms with van der Waals surface area (Å²) in [7, 11) is 0. The number of imidazole rings is 1. The van der Waals surface area contributed by atoms with Crippen LogP contribution in [0.2, 0.25) is 5.02 Å². The molecule has 2 aromatic heterocycles. The number of pyridine rings is 1. The van der Waals surface area contributed by atoms with Crippen LogP contribution in [0.3, 0.4) is 0 Å². The van der Waals surface area contributed by atoms with Crippen molar-refractivity contribution in [3.05, 3.63) is 35.2 Å².